The van der Waals surface area contributed by atoms with E-state index in [0.29, 0.717) is 0 Å². The van der Waals surface area contributed by atoms with E-state index >= 15 is 0 Å². The van der Waals surface area contributed by atoms with Crippen LogP contribution >= 0.6 is 0 Å². The third-order valence-corrected chi connectivity index (χ3v) is 1.49. The minimum Gasteiger partial charge on any atom is -0.494 e. The number of aliphatic hydroxyl groups is 1. The summed E-state index contributed by atoms with van der Waals surface area (Å²) in [7, 11) is 1.00. The van der Waals surface area contributed by atoms with Crippen LogP contribution < -0.4 is 4.74 Å². The molecule has 0 unspecified atom stereocenters. The maximum absolute atomic E-state index is 7.00. The fraction of sp³-hybridized carbons (Fsp3) is 0.538. The van der Waals surface area contributed by atoms with E-state index in [-0.39, 0.29) is 0 Å². The first-order valence-electron chi connectivity index (χ1n) is 5.47. The molecule has 88 valence electrons. The Morgan fingerprint density at radius 3 is 1.93 bits per heavy atom. The Labute approximate surface area is 93.9 Å². The predicted molar refractivity (Wildman–Crippen MR) is 66.5 cm³/mol. The van der Waals surface area contributed by atoms with Crippen molar-refractivity contribution < 1.29 is 9.84 Å². The van der Waals surface area contributed by atoms with Crippen molar-refractivity contribution in [3.63, 3.8) is 0 Å². The average Bonchev–Trinajstić information content (AvgIpc) is 2.34. The molecule has 0 aliphatic carbocycles. The molecular formula is C13H24O2. The molecule has 0 heterocycles. The lowest BCUT2D eigenvalue weighted by molar-refractivity contribution is 0.317. The lowest BCUT2D eigenvalue weighted by atomic mass is 10.2. The van der Waals surface area contributed by atoms with Crippen LogP contribution in [0.25, 0.3) is 0 Å². The predicted octanol–water partition coefficient (Wildman–Crippen LogP) is 3.42. The smallest absolute Gasteiger partial charge is 0.119 e. The molecule has 2 heteroatoms. The number of benzene rings is 1. The van der Waals surface area contributed by atoms with Gasteiger partial charge in [0, 0.05) is 7.11 Å². The number of aryl methyl sites for hydroxylation is 1. The van der Waals surface area contributed by atoms with Gasteiger partial charge in [0.05, 0.1) is 6.61 Å². The maximum Gasteiger partial charge on any atom is 0.119 e. The minimum atomic E-state index is 0.809. The molecule has 1 N–H and O–H groups in total. The van der Waals surface area contributed by atoms with Crippen molar-refractivity contribution in [1.29, 1.82) is 0 Å². The van der Waals surface area contributed by atoms with Gasteiger partial charge in [0.2, 0.25) is 0 Å². The zero-order chi connectivity index (χ0) is 12.1. The summed E-state index contributed by atoms with van der Waals surface area (Å²) in [6, 6.07) is 8.13. The van der Waals surface area contributed by atoms with Crippen LogP contribution in [0.2, 0.25) is 0 Å². The largest absolute Gasteiger partial charge is 0.494 e. The third kappa shape index (κ3) is 9.29. The molecule has 0 amide bonds. The van der Waals surface area contributed by atoms with Gasteiger partial charge in [-0.15, -0.1) is 0 Å². The van der Waals surface area contributed by atoms with E-state index in [1.54, 1.807) is 0 Å². The fourth-order valence-corrected chi connectivity index (χ4v) is 0.854. The van der Waals surface area contributed by atoms with Gasteiger partial charge in [0.25, 0.3) is 0 Å². The highest BCUT2D eigenvalue weighted by Crippen LogP contribution is 2.11. The fourth-order valence-electron chi connectivity index (χ4n) is 0.854. The van der Waals surface area contributed by atoms with E-state index in [1.165, 1.54) is 5.56 Å². The highest BCUT2D eigenvalue weighted by atomic mass is 16.5. The molecule has 2 nitrogen and oxygen atoms in total. The van der Waals surface area contributed by atoms with Gasteiger partial charge in [-0.3, -0.25) is 0 Å². The normalized spacial score (nSPS) is 7.87. The molecule has 0 spiro atoms. The zero-order valence-corrected chi connectivity index (χ0v) is 10.6. The molecule has 1 aromatic carbocycles. The van der Waals surface area contributed by atoms with Crippen LogP contribution in [0, 0.1) is 6.92 Å². The SMILES string of the molecule is CC.CCCOc1ccc(C)cc1.CO. The first kappa shape index (κ1) is 16.4. The van der Waals surface area contributed by atoms with Crippen LogP contribution in [0.1, 0.15) is 32.8 Å². The molecule has 0 atom stereocenters. The van der Waals surface area contributed by atoms with Crippen molar-refractivity contribution in [1.82, 2.24) is 0 Å². The second kappa shape index (κ2) is 13.0. The molecule has 0 saturated carbocycles. The van der Waals surface area contributed by atoms with E-state index in [9.17, 15) is 0 Å². The van der Waals surface area contributed by atoms with Gasteiger partial charge < -0.3 is 9.84 Å². The molecule has 15 heavy (non-hydrogen) atoms. The summed E-state index contributed by atoms with van der Waals surface area (Å²) in [4.78, 5) is 0. The first-order valence-corrected chi connectivity index (χ1v) is 5.47. The van der Waals surface area contributed by atoms with Crippen LogP contribution in [-0.4, -0.2) is 18.8 Å². The molecule has 0 fully saturated rings. The van der Waals surface area contributed by atoms with Crippen LogP contribution in [0.4, 0.5) is 0 Å². The Balaban J connectivity index is 0. The molecule has 0 aliphatic rings. The highest BCUT2D eigenvalue weighted by Gasteiger charge is 1.89. The summed E-state index contributed by atoms with van der Waals surface area (Å²) < 4.78 is 5.41. The quantitative estimate of drug-likeness (QED) is 0.832. The van der Waals surface area contributed by atoms with E-state index in [2.05, 4.69) is 26.0 Å². The number of hydrogen-bond acceptors (Lipinski definition) is 2. The van der Waals surface area contributed by atoms with Crippen molar-refractivity contribution >= 4 is 0 Å². The summed E-state index contributed by atoms with van der Waals surface area (Å²) >= 11 is 0. The van der Waals surface area contributed by atoms with Crippen molar-refractivity contribution in [3.05, 3.63) is 29.8 Å². The molecule has 0 saturated heterocycles. The van der Waals surface area contributed by atoms with E-state index in [4.69, 9.17) is 9.84 Å². The minimum absolute atomic E-state index is 0.809. The lowest BCUT2D eigenvalue weighted by Crippen LogP contribution is -1.94. The van der Waals surface area contributed by atoms with Gasteiger partial charge in [0.1, 0.15) is 5.75 Å². The van der Waals surface area contributed by atoms with Gasteiger partial charge in [0.15, 0.2) is 0 Å². The molecule has 0 bridgehead atoms. The van der Waals surface area contributed by atoms with Crippen LogP contribution in [0.15, 0.2) is 24.3 Å². The Kier molecular flexibility index (Phi) is 14.2. The third-order valence-electron chi connectivity index (χ3n) is 1.49. The van der Waals surface area contributed by atoms with Crippen molar-refractivity contribution in [2.24, 2.45) is 0 Å². The lowest BCUT2D eigenvalue weighted by Gasteiger charge is -2.03. The molecule has 1 rings (SSSR count). The van der Waals surface area contributed by atoms with Crippen LogP contribution in [0.5, 0.6) is 5.75 Å². The summed E-state index contributed by atoms with van der Waals surface area (Å²) in [5.41, 5.74) is 1.27. The van der Waals surface area contributed by atoms with Gasteiger partial charge >= 0.3 is 0 Å². The molecule has 0 radical (unpaired) electrons. The number of hydrogen-bond donors (Lipinski definition) is 1. The van der Waals surface area contributed by atoms with Crippen molar-refractivity contribution in [2.45, 2.75) is 34.1 Å². The van der Waals surface area contributed by atoms with Crippen molar-refractivity contribution in [2.75, 3.05) is 13.7 Å². The summed E-state index contributed by atoms with van der Waals surface area (Å²) in [6.07, 6.45) is 1.06. The monoisotopic (exact) mass is 212 g/mol. The summed E-state index contributed by atoms with van der Waals surface area (Å²) in [5.74, 6) is 0.970. The molecule has 0 aliphatic heterocycles. The van der Waals surface area contributed by atoms with E-state index in [0.717, 1.165) is 25.9 Å². The van der Waals surface area contributed by atoms with Gasteiger partial charge in [-0.2, -0.15) is 0 Å². The Morgan fingerprint density at radius 1 is 1.07 bits per heavy atom. The second-order valence-electron chi connectivity index (χ2n) is 2.66. The van der Waals surface area contributed by atoms with Gasteiger partial charge in [-0.25, -0.2) is 0 Å². The second-order valence-corrected chi connectivity index (χ2v) is 2.66. The molecule has 1 aromatic rings. The number of rotatable bonds is 3. The Hall–Kier alpha value is -1.02. The number of aliphatic hydroxyl groups excluding tert-OH is 1. The maximum atomic E-state index is 7.00. The van der Waals surface area contributed by atoms with Gasteiger partial charge in [-0.05, 0) is 25.5 Å². The average molecular weight is 212 g/mol. The van der Waals surface area contributed by atoms with E-state index in [1.807, 2.05) is 26.0 Å². The molecule has 0 aromatic heterocycles. The van der Waals surface area contributed by atoms with Gasteiger partial charge in [-0.1, -0.05) is 38.5 Å². The van der Waals surface area contributed by atoms with Crippen LogP contribution in [0.3, 0.4) is 0 Å². The first-order chi connectivity index (χ1) is 7.33. The van der Waals surface area contributed by atoms with E-state index < -0.39 is 0 Å². The highest BCUT2D eigenvalue weighted by molar-refractivity contribution is 5.26. The summed E-state index contributed by atoms with van der Waals surface area (Å²) in [6.45, 7) is 8.99. The van der Waals surface area contributed by atoms with Crippen LogP contribution in [-0.2, 0) is 0 Å². The zero-order valence-electron chi connectivity index (χ0n) is 10.6. The standard InChI is InChI=1S/C10H14O.C2H6.CH4O/c1-3-8-11-10-6-4-9(2)5-7-10;2*1-2/h4-7H,3,8H2,1-2H3;1-2H3;2H,1H3. The number of ether oxygens (including phenoxy) is 1. The molecular weight excluding hydrogens is 188 g/mol. The topological polar surface area (TPSA) is 29.5 Å². The summed E-state index contributed by atoms with van der Waals surface area (Å²) in [5, 5.41) is 7.00. The van der Waals surface area contributed by atoms with Crippen molar-refractivity contribution in [3.8, 4) is 5.75 Å². The Bertz CT molecular complexity index is 204. The Morgan fingerprint density at radius 2 is 1.53 bits per heavy atom.